The van der Waals surface area contributed by atoms with Crippen molar-refractivity contribution >= 4 is 23.3 Å². The highest BCUT2D eigenvalue weighted by Crippen LogP contribution is 2.30. The summed E-state index contributed by atoms with van der Waals surface area (Å²) >= 11 is 0. The van der Waals surface area contributed by atoms with Gasteiger partial charge in [-0.3, -0.25) is 14.9 Å². The number of nitrogens with one attached hydrogen (secondary N) is 1. The molecule has 1 unspecified atom stereocenters. The van der Waals surface area contributed by atoms with Gasteiger partial charge in [-0.2, -0.15) is 0 Å². The maximum absolute atomic E-state index is 12.8. The summed E-state index contributed by atoms with van der Waals surface area (Å²) in [7, 11) is 1.24. The van der Waals surface area contributed by atoms with E-state index in [1.807, 2.05) is 35.2 Å². The topological polar surface area (TPSA) is 111 Å². The van der Waals surface area contributed by atoms with E-state index in [-0.39, 0.29) is 17.7 Å². The van der Waals surface area contributed by atoms with Crippen LogP contribution >= 0.6 is 0 Å². The van der Waals surface area contributed by atoms with E-state index in [2.05, 4.69) is 5.32 Å². The first-order valence-electron chi connectivity index (χ1n) is 9.53. The van der Waals surface area contributed by atoms with E-state index in [4.69, 9.17) is 9.47 Å². The van der Waals surface area contributed by atoms with Crippen molar-refractivity contribution in [1.82, 2.24) is 5.32 Å². The molecular weight excluding hydrogens is 390 g/mol. The number of ether oxygens (including phenoxy) is 2. The van der Waals surface area contributed by atoms with Crippen molar-refractivity contribution < 1.29 is 24.0 Å². The van der Waals surface area contributed by atoms with E-state index in [0.29, 0.717) is 32.0 Å². The smallest absolute Gasteiger partial charge is 0.328 e. The lowest BCUT2D eigenvalue weighted by Crippen LogP contribution is -2.43. The van der Waals surface area contributed by atoms with Gasteiger partial charge in [0.05, 0.1) is 25.2 Å². The molecule has 1 amide bonds. The van der Waals surface area contributed by atoms with Crippen molar-refractivity contribution in [3.05, 3.63) is 69.8 Å². The third kappa shape index (κ3) is 5.12. The van der Waals surface area contributed by atoms with Crippen LogP contribution < -0.4 is 10.2 Å². The monoisotopic (exact) mass is 413 g/mol. The van der Waals surface area contributed by atoms with Crippen LogP contribution in [0.4, 0.5) is 11.4 Å². The number of benzene rings is 2. The minimum absolute atomic E-state index is 0.0978. The van der Waals surface area contributed by atoms with Crippen molar-refractivity contribution in [2.45, 2.75) is 12.5 Å². The Labute approximate surface area is 173 Å². The van der Waals surface area contributed by atoms with E-state index in [0.717, 1.165) is 5.56 Å². The third-order valence-corrected chi connectivity index (χ3v) is 4.86. The number of esters is 1. The molecule has 0 saturated carbocycles. The number of carbonyl (C=O) groups excluding carboxylic acids is 2. The minimum atomic E-state index is -0.914. The number of hydrogen-bond acceptors (Lipinski definition) is 7. The number of rotatable bonds is 7. The Morgan fingerprint density at radius 1 is 1.20 bits per heavy atom. The zero-order valence-corrected chi connectivity index (χ0v) is 16.6. The molecule has 1 aliphatic rings. The average molecular weight is 413 g/mol. The van der Waals surface area contributed by atoms with Gasteiger partial charge in [0.2, 0.25) is 0 Å². The Balaban J connectivity index is 1.81. The van der Waals surface area contributed by atoms with Crippen molar-refractivity contribution in [3.8, 4) is 0 Å². The van der Waals surface area contributed by atoms with Crippen molar-refractivity contribution in [2.75, 3.05) is 38.3 Å². The number of hydrogen-bond donors (Lipinski definition) is 1. The molecule has 1 fully saturated rings. The number of nitrogens with zero attached hydrogens (tertiary/aromatic N) is 2. The van der Waals surface area contributed by atoms with Crippen LogP contribution in [-0.2, 0) is 20.7 Å². The second-order valence-electron chi connectivity index (χ2n) is 6.80. The molecule has 158 valence electrons. The second-order valence-corrected chi connectivity index (χ2v) is 6.80. The Morgan fingerprint density at radius 2 is 1.90 bits per heavy atom. The zero-order valence-electron chi connectivity index (χ0n) is 16.6. The molecule has 0 spiro atoms. The number of methoxy groups -OCH3 is 1. The van der Waals surface area contributed by atoms with Crippen LogP contribution in [0.2, 0.25) is 0 Å². The van der Waals surface area contributed by atoms with E-state index >= 15 is 0 Å². The van der Waals surface area contributed by atoms with Crippen LogP contribution in [0.3, 0.4) is 0 Å². The summed E-state index contributed by atoms with van der Waals surface area (Å²) < 4.78 is 10.1. The van der Waals surface area contributed by atoms with Gasteiger partial charge in [0.1, 0.15) is 11.7 Å². The summed E-state index contributed by atoms with van der Waals surface area (Å²) in [5.74, 6) is -1.18. The predicted molar refractivity (Wildman–Crippen MR) is 110 cm³/mol. The van der Waals surface area contributed by atoms with Gasteiger partial charge >= 0.3 is 5.97 Å². The quantitative estimate of drug-likeness (QED) is 0.419. The Bertz CT molecular complexity index is 912. The van der Waals surface area contributed by atoms with Crippen LogP contribution in [0, 0.1) is 10.1 Å². The third-order valence-electron chi connectivity index (χ3n) is 4.86. The summed E-state index contributed by atoms with van der Waals surface area (Å²) in [4.78, 5) is 37.9. The largest absolute Gasteiger partial charge is 0.467 e. The van der Waals surface area contributed by atoms with Gasteiger partial charge in [0, 0.05) is 31.1 Å². The number of anilines is 1. The Kier molecular flexibility index (Phi) is 6.97. The fourth-order valence-corrected chi connectivity index (χ4v) is 3.31. The fraction of sp³-hybridized carbons (Fsp3) is 0.333. The molecule has 3 rings (SSSR count). The van der Waals surface area contributed by atoms with Gasteiger partial charge in [-0.1, -0.05) is 30.3 Å². The standard InChI is InChI=1S/C21H23N3O6/c1-29-21(26)17(13-15-5-3-2-4-6-15)22-20(25)16-7-8-18(19(14-16)24(27)28)23-9-11-30-12-10-23/h2-8,14,17H,9-13H2,1H3,(H,22,25). The van der Waals surface area contributed by atoms with Crippen molar-refractivity contribution in [3.63, 3.8) is 0 Å². The van der Waals surface area contributed by atoms with Gasteiger partial charge in [0.15, 0.2) is 0 Å². The van der Waals surface area contributed by atoms with E-state index in [1.54, 1.807) is 6.07 Å². The number of morpholine rings is 1. The van der Waals surface area contributed by atoms with Crippen molar-refractivity contribution in [1.29, 1.82) is 0 Å². The first kappa shape index (κ1) is 21.3. The van der Waals surface area contributed by atoms with Gasteiger partial charge in [-0.05, 0) is 17.7 Å². The first-order chi connectivity index (χ1) is 14.5. The molecule has 30 heavy (non-hydrogen) atoms. The SMILES string of the molecule is COC(=O)C(Cc1ccccc1)NC(=O)c1ccc(N2CCOCC2)c([N+](=O)[O-])c1. The van der Waals surface area contributed by atoms with Gasteiger partial charge in [0.25, 0.3) is 11.6 Å². The van der Waals surface area contributed by atoms with Crippen LogP contribution in [0.5, 0.6) is 0 Å². The van der Waals surface area contributed by atoms with E-state index in [9.17, 15) is 19.7 Å². The number of nitro benzene ring substituents is 1. The highest BCUT2D eigenvalue weighted by molar-refractivity contribution is 5.98. The van der Waals surface area contributed by atoms with Gasteiger partial charge in [-0.25, -0.2) is 4.79 Å². The van der Waals surface area contributed by atoms with E-state index in [1.165, 1.54) is 19.2 Å². The lowest BCUT2D eigenvalue weighted by molar-refractivity contribution is -0.384. The normalized spacial score (nSPS) is 14.6. The maximum Gasteiger partial charge on any atom is 0.328 e. The molecule has 9 nitrogen and oxygen atoms in total. The van der Waals surface area contributed by atoms with Gasteiger partial charge < -0.3 is 19.7 Å². The number of carbonyl (C=O) groups is 2. The lowest BCUT2D eigenvalue weighted by Gasteiger charge is -2.28. The van der Waals surface area contributed by atoms with Crippen LogP contribution in [-0.4, -0.2) is 56.3 Å². The fourth-order valence-electron chi connectivity index (χ4n) is 3.31. The predicted octanol–water partition coefficient (Wildman–Crippen LogP) is 1.95. The second kappa shape index (κ2) is 9.84. The molecule has 2 aromatic rings. The molecule has 0 bridgehead atoms. The molecule has 1 aliphatic heterocycles. The molecule has 1 heterocycles. The number of amides is 1. The summed E-state index contributed by atoms with van der Waals surface area (Å²) in [5.41, 5.74) is 1.22. The highest BCUT2D eigenvalue weighted by atomic mass is 16.6. The molecule has 9 heteroatoms. The molecule has 1 atom stereocenters. The molecule has 0 aliphatic carbocycles. The van der Waals surface area contributed by atoms with Crippen LogP contribution in [0.1, 0.15) is 15.9 Å². The summed E-state index contributed by atoms with van der Waals surface area (Å²) in [6.07, 6.45) is 0.243. The summed E-state index contributed by atoms with van der Waals surface area (Å²) in [6, 6.07) is 12.6. The van der Waals surface area contributed by atoms with Crippen LogP contribution in [0.15, 0.2) is 48.5 Å². The molecule has 2 aromatic carbocycles. The summed E-state index contributed by atoms with van der Waals surface area (Å²) in [5, 5.41) is 14.2. The van der Waals surface area contributed by atoms with Crippen LogP contribution in [0.25, 0.3) is 0 Å². The highest BCUT2D eigenvalue weighted by Gasteiger charge is 2.26. The Morgan fingerprint density at radius 3 is 2.53 bits per heavy atom. The zero-order chi connectivity index (χ0) is 21.5. The maximum atomic E-state index is 12.8. The number of nitro groups is 1. The molecule has 0 radical (unpaired) electrons. The first-order valence-corrected chi connectivity index (χ1v) is 9.53. The van der Waals surface area contributed by atoms with Crippen molar-refractivity contribution in [2.24, 2.45) is 0 Å². The Hall–Kier alpha value is -3.46. The minimum Gasteiger partial charge on any atom is -0.467 e. The molecular formula is C21H23N3O6. The molecule has 0 aromatic heterocycles. The molecule has 1 N–H and O–H groups in total. The molecule has 1 saturated heterocycles. The lowest BCUT2D eigenvalue weighted by atomic mass is 10.0. The van der Waals surface area contributed by atoms with Gasteiger partial charge in [-0.15, -0.1) is 0 Å². The average Bonchev–Trinajstić information content (AvgIpc) is 2.78. The van der Waals surface area contributed by atoms with E-state index < -0.39 is 22.8 Å². The summed E-state index contributed by atoms with van der Waals surface area (Å²) in [6.45, 7) is 2.04.